The van der Waals surface area contributed by atoms with Gasteiger partial charge >= 0.3 is 0 Å². The van der Waals surface area contributed by atoms with E-state index in [2.05, 4.69) is 42.5 Å². The average molecular weight is 362 g/mol. The number of rotatable bonds is 4. The van der Waals surface area contributed by atoms with Gasteiger partial charge < -0.3 is 10.6 Å². The van der Waals surface area contributed by atoms with Crippen molar-refractivity contribution in [3.05, 3.63) is 26.6 Å². The van der Waals surface area contributed by atoms with E-state index in [0.717, 1.165) is 20.2 Å². The minimum atomic E-state index is -0.0119. The van der Waals surface area contributed by atoms with Crippen LogP contribution in [0.2, 0.25) is 0 Å². The molecule has 0 unspecified atom stereocenters. The van der Waals surface area contributed by atoms with Crippen LogP contribution in [0.4, 0.5) is 5.69 Å². The third-order valence-electron chi connectivity index (χ3n) is 2.58. The molecule has 0 radical (unpaired) electrons. The van der Waals surface area contributed by atoms with Crippen LogP contribution in [0, 0.1) is 6.92 Å². The van der Waals surface area contributed by atoms with Crippen molar-refractivity contribution in [2.24, 2.45) is 0 Å². The van der Waals surface area contributed by atoms with Gasteiger partial charge in [-0.1, -0.05) is 0 Å². The van der Waals surface area contributed by atoms with Crippen LogP contribution in [0.5, 0.6) is 0 Å². The lowest BCUT2D eigenvalue weighted by atomic mass is 10.2. The molecule has 2 rings (SSSR count). The van der Waals surface area contributed by atoms with Crippen molar-refractivity contribution in [1.82, 2.24) is 5.32 Å². The van der Waals surface area contributed by atoms with Crippen LogP contribution >= 0.6 is 31.9 Å². The van der Waals surface area contributed by atoms with Crippen LogP contribution in [0.25, 0.3) is 0 Å². The number of carbonyl (C=O) groups is 1. The number of amides is 1. The predicted octanol–water partition coefficient (Wildman–Crippen LogP) is 3.21. The van der Waals surface area contributed by atoms with Gasteiger partial charge in [0.05, 0.1) is 12.2 Å². The summed E-state index contributed by atoms with van der Waals surface area (Å²) in [5.41, 5.74) is 1.93. The van der Waals surface area contributed by atoms with Crippen molar-refractivity contribution in [3.8, 4) is 0 Å². The number of benzene rings is 1. The fraction of sp³-hybridized carbons (Fsp3) is 0.417. The Morgan fingerprint density at radius 3 is 2.47 bits per heavy atom. The van der Waals surface area contributed by atoms with Crippen molar-refractivity contribution < 1.29 is 4.79 Å². The summed E-state index contributed by atoms with van der Waals surface area (Å²) in [6.45, 7) is 2.38. The molecule has 0 saturated heterocycles. The maximum atomic E-state index is 11.7. The van der Waals surface area contributed by atoms with Crippen LogP contribution < -0.4 is 10.6 Å². The van der Waals surface area contributed by atoms with Gasteiger partial charge in [-0.05, 0) is 69.3 Å². The van der Waals surface area contributed by atoms with Gasteiger partial charge in [0.15, 0.2) is 0 Å². The molecule has 0 aliphatic heterocycles. The second kappa shape index (κ2) is 5.50. The molecular weight excluding hydrogens is 348 g/mol. The average Bonchev–Trinajstić information content (AvgIpc) is 3.04. The Morgan fingerprint density at radius 2 is 1.94 bits per heavy atom. The summed E-state index contributed by atoms with van der Waals surface area (Å²) in [5.74, 6) is -0.0119. The molecule has 3 nitrogen and oxygen atoms in total. The normalized spacial score (nSPS) is 14.8. The molecule has 2 N–H and O–H groups in total. The van der Waals surface area contributed by atoms with Crippen LogP contribution in [0.15, 0.2) is 21.1 Å². The monoisotopic (exact) mass is 360 g/mol. The topological polar surface area (TPSA) is 41.1 Å². The number of anilines is 1. The third-order valence-corrected chi connectivity index (χ3v) is 3.83. The summed E-state index contributed by atoms with van der Waals surface area (Å²) in [5, 5.41) is 6.08. The quantitative estimate of drug-likeness (QED) is 0.864. The Labute approximate surface area is 118 Å². The molecule has 1 aromatic carbocycles. The minimum absolute atomic E-state index is 0.0119. The molecule has 1 amide bonds. The number of carbonyl (C=O) groups excluding carboxylic acids is 1. The second-order valence-corrected chi connectivity index (χ2v) is 6.02. The summed E-state index contributed by atoms with van der Waals surface area (Å²) in [4.78, 5) is 11.7. The standard InChI is InChI=1S/C12H14Br2N2O/c1-7-4-9(13)12(10(14)5-7)16-11(17)6-15-8-2-3-8/h4-5,8,15H,2-3,6H2,1H3,(H,16,17). The largest absolute Gasteiger partial charge is 0.323 e. The summed E-state index contributed by atoms with van der Waals surface area (Å²) in [6.07, 6.45) is 2.37. The Morgan fingerprint density at radius 1 is 1.35 bits per heavy atom. The Kier molecular flexibility index (Phi) is 4.22. The van der Waals surface area contributed by atoms with Gasteiger partial charge in [0, 0.05) is 15.0 Å². The predicted molar refractivity (Wildman–Crippen MR) is 76.2 cm³/mol. The smallest absolute Gasteiger partial charge is 0.238 e. The van der Waals surface area contributed by atoms with Gasteiger partial charge in [0.25, 0.3) is 0 Å². The molecule has 1 saturated carbocycles. The highest BCUT2D eigenvalue weighted by Gasteiger charge is 2.21. The van der Waals surface area contributed by atoms with Crippen molar-refractivity contribution in [2.75, 3.05) is 11.9 Å². The first-order valence-corrected chi connectivity index (χ1v) is 7.14. The fourth-order valence-corrected chi connectivity index (χ4v) is 3.14. The second-order valence-electron chi connectivity index (χ2n) is 4.31. The zero-order valence-electron chi connectivity index (χ0n) is 9.52. The van der Waals surface area contributed by atoms with Gasteiger partial charge in [-0.25, -0.2) is 0 Å². The zero-order valence-corrected chi connectivity index (χ0v) is 12.7. The summed E-state index contributed by atoms with van der Waals surface area (Å²) in [6, 6.07) is 4.51. The number of aryl methyl sites for hydroxylation is 1. The van der Waals surface area contributed by atoms with Gasteiger partial charge in [-0.2, -0.15) is 0 Å². The molecular formula is C12H14Br2N2O. The zero-order chi connectivity index (χ0) is 12.4. The molecule has 17 heavy (non-hydrogen) atoms. The first-order chi connectivity index (χ1) is 8.06. The molecule has 1 fully saturated rings. The number of hydrogen-bond donors (Lipinski definition) is 2. The van der Waals surface area contributed by atoms with E-state index in [1.807, 2.05) is 19.1 Å². The Bertz CT molecular complexity index is 421. The first-order valence-electron chi connectivity index (χ1n) is 5.55. The highest BCUT2D eigenvalue weighted by atomic mass is 79.9. The van der Waals surface area contributed by atoms with Crippen LogP contribution in [0.1, 0.15) is 18.4 Å². The highest BCUT2D eigenvalue weighted by molar-refractivity contribution is 9.11. The molecule has 0 bridgehead atoms. The summed E-state index contributed by atoms with van der Waals surface area (Å²) in [7, 11) is 0. The van der Waals surface area contributed by atoms with Crippen molar-refractivity contribution in [3.63, 3.8) is 0 Å². The van der Waals surface area contributed by atoms with Crippen molar-refractivity contribution >= 4 is 43.5 Å². The minimum Gasteiger partial charge on any atom is -0.323 e. The third kappa shape index (κ3) is 3.79. The molecule has 92 valence electrons. The van der Waals surface area contributed by atoms with Gasteiger partial charge in [-0.15, -0.1) is 0 Å². The summed E-state index contributed by atoms with van der Waals surface area (Å²) >= 11 is 6.91. The van der Waals surface area contributed by atoms with E-state index < -0.39 is 0 Å². The maximum Gasteiger partial charge on any atom is 0.238 e. The molecule has 1 aromatic rings. The molecule has 0 aromatic heterocycles. The lowest BCUT2D eigenvalue weighted by Crippen LogP contribution is -2.29. The van der Waals surface area contributed by atoms with Crippen LogP contribution in [-0.4, -0.2) is 18.5 Å². The fourth-order valence-electron chi connectivity index (χ4n) is 1.53. The van der Waals surface area contributed by atoms with E-state index in [1.165, 1.54) is 12.8 Å². The number of hydrogen-bond acceptors (Lipinski definition) is 2. The van der Waals surface area contributed by atoms with E-state index in [0.29, 0.717) is 12.6 Å². The van der Waals surface area contributed by atoms with E-state index in [4.69, 9.17) is 0 Å². The van der Waals surface area contributed by atoms with Gasteiger partial charge in [0.2, 0.25) is 5.91 Å². The lowest BCUT2D eigenvalue weighted by Gasteiger charge is -2.11. The van der Waals surface area contributed by atoms with E-state index in [9.17, 15) is 4.79 Å². The molecule has 1 aliphatic carbocycles. The Hall–Kier alpha value is -0.390. The Balaban J connectivity index is 1.99. The summed E-state index contributed by atoms with van der Waals surface area (Å²) < 4.78 is 1.79. The van der Waals surface area contributed by atoms with Gasteiger partial charge in [-0.3, -0.25) is 4.79 Å². The van der Waals surface area contributed by atoms with Crippen molar-refractivity contribution in [1.29, 1.82) is 0 Å². The maximum absolute atomic E-state index is 11.7. The van der Waals surface area contributed by atoms with E-state index >= 15 is 0 Å². The lowest BCUT2D eigenvalue weighted by molar-refractivity contribution is -0.115. The first kappa shape index (κ1) is 13.1. The van der Waals surface area contributed by atoms with Crippen molar-refractivity contribution in [2.45, 2.75) is 25.8 Å². The highest BCUT2D eigenvalue weighted by Crippen LogP contribution is 2.32. The molecule has 0 spiro atoms. The van der Waals surface area contributed by atoms with Crippen LogP contribution in [0.3, 0.4) is 0 Å². The molecule has 0 heterocycles. The number of halogens is 2. The molecule has 5 heteroatoms. The van der Waals surface area contributed by atoms with Crippen LogP contribution in [-0.2, 0) is 4.79 Å². The SMILES string of the molecule is Cc1cc(Br)c(NC(=O)CNC2CC2)c(Br)c1. The number of nitrogens with one attached hydrogen (secondary N) is 2. The van der Waals surface area contributed by atoms with Gasteiger partial charge in [0.1, 0.15) is 0 Å². The molecule has 1 aliphatic rings. The molecule has 0 atom stereocenters. The van der Waals surface area contributed by atoms with E-state index in [-0.39, 0.29) is 5.91 Å². The van der Waals surface area contributed by atoms with E-state index in [1.54, 1.807) is 0 Å².